The van der Waals surface area contributed by atoms with Gasteiger partial charge in [0.05, 0.1) is 5.41 Å². The minimum absolute atomic E-state index is 0.286. The molecule has 0 N–H and O–H groups in total. The molecule has 0 spiro atoms. The van der Waals surface area contributed by atoms with E-state index in [2.05, 4.69) is 23.7 Å². The van der Waals surface area contributed by atoms with Crippen molar-refractivity contribution in [3.05, 3.63) is 71.3 Å². The number of rotatable bonds is 2. The van der Waals surface area contributed by atoms with Crippen LogP contribution in [0.4, 0.5) is 0 Å². The number of esters is 1. The largest absolute Gasteiger partial charge is 0.444 e. The third kappa shape index (κ3) is 5.27. The van der Waals surface area contributed by atoms with Crippen molar-refractivity contribution in [2.24, 2.45) is 5.41 Å². The summed E-state index contributed by atoms with van der Waals surface area (Å²) in [5.74, 6) is 11.9. The SMILES string of the molecule is CC#CC(OC(=O)C(C)(C)C)c1ccccc1C#Cc1ccccc1. The molecule has 2 heteroatoms. The monoisotopic (exact) mass is 330 g/mol. The normalized spacial score (nSPS) is 11.4. The van der Waals surface area contributed by atoms with Gasteiger partial charge in [0.2, 0.25) is 0 Å². The molecule has 0 heterocycles. The topological polar surface area (TPSA) is 26.3 Å². The molecular formula is C23H22O2. The fourth-order valence-corrected chi connectivity index (χ4v) is 2.09. The summed E-state index contributed by atoms with van der Waals surface area (Å²) in [6, 6.07) is 17.4. The second-order valence-electron chi connectivity index (χ2n) is 6.63. The molecule has 0 bridgehead atoms. The van der Waals surface area contributed by atoms with Gasteiger partial charge in [-0.3, -0.25) is 4.79 Å². The predicted octanol–water partition coefficient (Wildman–Crippen LogP) is 4.74. The van der Waals surface area contributed by atoms with Crippen molar-refractivity contribution in [1.29, 1.82) is 0 Å². The van der Waals surface area contributed by atoms with E-state index in [0.717, 1.165) is 16.7 Å². The van der Waals surface area contributed by atoms with Gasteiger partial charge in [0, 0.05) is 16.7 Å². The highest BCUT2D eigenvalue weighted by Gasteiger charge is 2.27. The molecule has 2 rings (SSSR count). The van der Waals surface area contributed by atoms with Crippen molar-refractivity contribution in [2.45, 2.75) is 33.8 Å². The van der Waals surface area contributed by atoms with Gasteiger partial charge in [-0.1, -0.05) is 54.2 Å². The summed E-state index contributed by atoms with van der Waals surface area (Å²) in [4.78, 5) is 12.3. The van der Waals surface area contributed by atoms with E-state index in [1.807, 2.05) is 75.4 Å². The van der Waals surface area contributed by atoms with Crippen LogP contribution in [-0.4, -0.2) is 5.97 Å². The minimum atomic E-state index is -0.627. The van der Waals surface area contributed by atoms with Crippen LogP contribution in [-0.2, 0) is 9.53 Å². The maximum absolute atomic E-state index is 12.3. The standard InChI is InChI=1S/C23H22O2/c1-5-11-21(25-22(24)23(2,3)4)20-15-10-9-14-19(20)17-16-18-12-7-6-8-13-18/h6-10,12-15,21H,1-4H3. The van der Waals surface area contributed by atoms with Gasteiger partial charge < -0.3 is 4.74 Å². The van der Waals surface area contributed by atoms with E-state index >= 15 is 0 Å². The van der Waals surface area contributed by atoms with Crippen molar-refractivity contribution in [1.82, 2.24) is 0 Å². The van der Waals surface area contributed by atoms with Gasteiger partial charge in [0.1, 0.15) is 0 Å². The van der Waals surface area contributed by atoms with Crippen LogP contribution in [0.2, 0.25) is 0 Å². The average Bonchev–Trinajstić information content (AvgIpc) is 2.60. The van der Waals surface area contributed by atoms with Crippen molar-refractivity contribution in [3.8, 4) is 23.7 Å². The first-order valence-electron chi connectivity index (χ1n) is 8.21. The van der Waals surface area contributed by atoms with Crippen molar-refractivity contribution >= 4 is 5.97 Å². The summed E-state index contributed by atoms with van der Waals surface area (Å²) in [5.41, 5.74) is 1.96. The molecule has 25 heavy (non-hydrogen) atoms. The summed E-state index contributed by atoms with van der Waals surface area (Å²) < 4.78 is 5.65. The summed E-state index contributed by atoms with van der Waals surface area (Å²) in [7, 11) is 0. The lowest BCUT2D eigenvalue weighted by Gasteiger charge is -2.21. The molecule has 2 aromatic carbocycles. The Bertz CT molecular complexity index is 850. The molecule has 0 saturated carbocycles. The molecule has 0 aliphatic carbocycles. The molecule has 0 fully saturated rings. The smallest absolute Gasteiger partial charge is 0.312 e. The molecule has 0 aliphatic heterocycles. The molecule has 2 aromatic rings. The van der Waals surface area contributed by atoms with Crippen LogP contribution in [0.25, 0.3) is 0 Å². The lowest BCUT2D eigenvalue weighted by Crippen LogP contribution is -2.25. The lowest BCUT2D eigenvalue weighted by molar-refractivity contribution is -0.156. The number of carbonyl (C=O) groups is 1. The molecule has 126 valence electrons. The maximum atomic E-state index is 12.3. The Morgan fingerprint density at radius 3 is 2.24 bits per heavy atom. The molecule has 2 nitrogen and oxygen atoms in total. The Balaban J connectivity index is 2.38. The second kappa shape index (κ2) is 8.22. The minimum Gasteiger partial charge on any atom is -0.444 e. The number of benzene rings is 2. The maximum Gasteiger partial charge on any atom is 0.312 e. The zero-order chi connectivity index (χ0) is 18.3. The second-order valence-corrected chi connectivity index (χ2v) is 6.63. The summed E-state index contributed by atoms with van der Waals surface area (Å²) in [6.45, 7) is 7.21. The van der Waals surface area contributed by atoms with Crippen LogP contribution < -0.4 is 0 Å². The first-order valence-corrected chi connectivity index (χ1v) is 8.21. The highest BCUT2D eigenvalue weighted by molar-refractivity contribution is 5.76. The van der Waals surface area contributed by atoms with E-state index in [0.29, 0.717) is 0 Å². The van der Waals surface area contributed by atoms with Crippen LogP contribution in [0.5, 0.6) is 0 Å². The van der Waals surface area contributed by atoms with Gasteiger partial charge >= 0.3 is 5.97 Å². The van der Waals surface area contributed by atoms with E-state index in [9.17, 15) is 4.79 Å². The average molecular weight is 330 g/mol. The van der Waals surface area contributed by atoms with Crippen molar-refractivity contribution in [3.63, 3.8) is 0 Å². The highest BCUT2D eigenvalue weighted by Crippen LogP contribution is 2.25. The lowest BCUT2D eigenvalue weighted by atomic mass is 9.96. The van der Waals surface area contributed by atoms with Crippen LogP contribution in [0.1, 0.15) is 50.5 Å². The molecule has 0 amide bonds. The third-order valence-electron chi connectivity index (χ3n) is 3.47. The molecule has 0 aliphatic rings. The van der Waals surface area contributed by atoms with Crippen LogP contribution in [0.15, 0.2) is 54.6 Å². The van der Waals surface area contributed by atoms with Gasteiger partial charge in [0.25, 0.3) is 0 Å². The first kappa shape index (κ1) is 18.4. The Labute approximate surface area is 150 Å². The van der Waals surface area contributed by atoms with E-state index < -0.39 is 11.5 Å². The quantitative estimate of drug-likeness (QED) is 0.587. The summed E-state index contributed by atoms with van der Waals surface area (Å²) >= 11 is 0. The van der Waals surface area contributed by atoms with E-state index in [4.69, 9.17) is 4.74 Å². The van der Waals surface area contributed by atoms with Gasteiger partial charge in [-0.2, -0.15) is 0 Å². The van der Waals surface area contributed by atoms with Gasteiger partial charge in [-0.25, -0.2) is 0 Å². The fourth-order valence-electron chi connectivity index (χ4n) is 2.09. The number of hydrogen-bond donors (Lipinski definition) is 0. The Kier molecular flexibility index (Phi) is 6.04. The third-order valence-corrected chi connectivity index (χ3v) is 3.47. The molecule has 0 aromatic heterocycles. The number of ether oxygens (including phenoxy) is 1. The molecule has 1 unspecified atom stereocenters. The zero-order valence-electron chi connectivity index (χ0n) is 15.1. The summed E-state index contributed by atoms with van der Waals surface area (Å²) in [5, 5.41) is 0. The van der Waals surface area contributed by atoms with Gasteiger partial charge in [-0.15, -0.1) is 5.92 Å². The number of hydrogen-bond acceptors (Lipinski definition) is 2. The zero-order valence-corrected chi connectivity index (χ0v) is 15.1. The van der Waals surface area contributed by atoms with Crippen LogP contribution in [0.3, 0.4) is 0 Å². The van der Waals surface area contributed by atoms with Crippen molar-refractivity contribution < 1.29 is 9.53 Å². The van der Waals surface area contributed by atoms with Gasteiger partial charge in [-0.05, 0) is 45.9 Å². The Morgan fingerprint density at radius 1 is 0.960 bits per heavy atom. The Morgan fingerprint density at radius 2 is 1.60 bits per heavy atom. The Hall–Kier alpha value is -2.97. The van der Waals surface area contributed by atoms with Crippen LogP contribution >= 0.6 is 0 Å². The number of carbonyl (C=O) groups excluding carboxylic acids is 1. The van der Waals surface area contributed by atoms with E-state index in [1.165, 1.54) is 0 Å². The first-order chi connectivity index (χ1) is 11.9. The van der Waals surface area contributed by atoms with Crippen molar-refractivity contribution in [2.75, 3.05) is 0 Å². The molecular weight excluding hydrogens is 308 g/mol. The molecule has 0 saturated heterocycles. The fraction of sp³-hybridized carbons (Fsp3) is 0.261. The predicted molar refractivity (Wildman–Crippen MR) is 101 cm³/mol. The highest BCUT2D eigenvalue weighted by atomic mass is 16.5. The van der Waals surface area contributed by atoms with Crippen LogP contribution in [0, 0.1) is 29.1 Å². The van der Waals surface area contributed by atoms with Gasteiger partial charge in [0.15, 0.2) is 6.10 Å². The molecule has 1 atom stereocenters. The summed E-state index contributed by atoms with van der Waals surface area (Å²) in [6.07, 6.45) is -0.627. The van der Waals surface area contributed by atoms with E-state index in [1.54, 1.807) is 6.92 Å². The van der Waals surface area contributed by atoms with E-state index in [-0.39, 0.29) is 5.97 Å². The molecule has 0 radical (unpaired) electrons.